The number of hydrogen-bond donors (Lipinski definition) is 1. The minimum absolute atomic E-state index is 0.109. The van der Waals surface area contributed by atoms with Crippen molar-refractivity contribution >= 4 is 35.2 Å². The number of carbonyl (C=O) groups excluding carboxylic acids is 1. The second-order valence-electron chi connectivity index (χ2n) is 8.78. The normalized spacial score (nSPS) is 11.5. The van der Waals surface area contributed by atoms with Crippen molar-refractivity contribution in [2.75, 3.05) is 25.6 Å². The van der Waals surface area contributed by atoms with E-state index in [4.69, 9.17) is 14.2 Å². The number of amides is 1. The molecule has 0 fully saturated rings. The van der Waals surface area contributed by atoms with Crippen molar-refractivity contribution in [3.8, 4) is 17.2 Å². The van der Waals surface area contributed by atoms with Crippen molar-refractivity contribution in [3.05, 3.63) is 58.6 Å². The Balaban J connectivity index is 1.47. The lowest BCUT2D eigenvalue weighted by atomic mass is 9.87. The van der Waals surface area contributed by atoms with E-state index in [2.05, 4.69) is 53.6 Å². The highest BCUT2D eigenvalue weighted by molar-refractivity contribution is 8.01. The van der Waals surface area contributed by atoms with Gasteiger partial charge in [-0.05, 0) is 60.7 Å². The number of ether oxygens (including phenoxy) is 3. The standard InChI is InChI=1S/C26H32N4O4S2/c1-6-32-23-15-19(16-27-29-24(31)17-35-25-30-28-18(2)36-25)7-12-22(23)34-14-13-33-21-10-8-20(9-11-21)26(3,4)5/h7-12,15-16H,6,13-14,17H2,1-5H3,(H,29,31). The van der Waals surface area contributed by atoms with Gasteiger partial charge < -0.3 is 14.2 Å². The first kappa shape index (κ1) is 27.5. The molecule has 36 heavy (non-hydrogen) atoms. The molecule has 0 bridgehead atoms. The molecule has 0 aliphatic rings. The van der Waals surface area contributed by atoms with Crippen LogP contribution in [0.15, 0.2) is 51.9 Å². The van der Waals surface area contributed by atoms with Crippen LogP contribution in [0.2, 0.25) is 0 Å². The summed E-state index contributed by atoms with van der Waals surface area (Å²) in [7, 11) is 0. The number of rotatable bonds is 12. The molecule has 3 aromatic rings. The van der Waals surface area contributed by atoms with Gasteiger partial charge in [-0.2, -0.15) is 5.10 Å². The van der Waals surface area contributed by atoms with Gasteiger partial charge in [-0.15, -0.1) is 10.2 Å². The lowest BCUT2D eigenvalue weighted by Gasteiger charge is -2.19. The molecule has 1 amide bonds. The Bertz CT molecular complexity index is 1160. The predicted molar refractivity (Wildman–Crippen MR) is 145 cm³/mol. The van der Waals surface area contributed by atoms with Gasteiger partial charge >= 0.3 is 0 Å². The number of nitrogens with one attached hydrogen (secondary N) is 1. The van der Waals surface area contributed by atoms with Crippen LogP contribution < -0.4 is 19.6 Å². The molecule has 0 saturated carbocycles. The molecule has 0 aliphatic carbocycles. The molecular weight excluding hydrogens is 496 g/mol. The number of aryl methyl sites for hydroxylation is 1. The van der Waals surface area contributed by atoms with E-state index in [9.17, 15) is 4.79 Å². The average molecular weight is 529 g/mol. The summed E-state index contributed by atoms with van der Waals surface area (Å²) in [6, 6.07) is 13.6. The van der Waals surface area contributed by atoms with Gasteiger partial charge in [0.05, 0.1) is 18.6 Å². The van der Waals surface area contributed by atoms with Crippen LogP contribution in [0.3, 0.4) is 0 Å². The Morgan fingerprint density at radius 2 is 1.81 bits per heavy atom. The second-order valence-corrected chi connectivity index (χ2v) is 11.2. The van der Waals surface area contributed by atoms with E-state index in [1.165, 1.54) is 28.7 Å². The first-order valence-electron chi connectivity index (χ1n) is 11.6. The SMILES string of the molecule is CCOc1cc(C=NNC(=O)CSc2nnc(C)s2)ccc1OCCOc1ccc(C(C)(C)C)cc1. The zero-order valence-corrected chi connectivity index (χ0v) is 22.9. The van der Waals surface area contributed by atoms with Crippen LogP contribution in [0.4, 0.5) is 0 Å². The fraction of sp³-hybridized carbons (Fsp3) is 0.385. The van der Waals surface area contributed by atoms with Crippen LogP contribution in [0.25, 0.3) is 0 Å². The maximum Gasteiger partial charge on any atom is 0.250 e. The highest BCUT2D eigenvalue weighted by Crippen LogP contribution is 2.28. The molecule has 1 aromatic heterocycles. The zero-order valence-electron chi connectivity index (χ0n) is 21.2. The van der Waals surface area contributed by atoms with Gasteiger partial charge in [0.2, 0.25) is 0 Å². The van der Waals surface area contributed by atoms with Crippen LogP contribution in [0.5, 0.6) is 17.2 Å². The summed E-state index contributed by atoms with van der Waals surface area (Å²) in [4.78, 5) is 12.0. The van der Waals surface area contributed by atoms with Crippen molar-refractivity contribution in [1.82, 2.24) is 15.6 Å². The van der Waals surface area contributed by atoms with Crippen molar-refractivity contribution in [3.63, 3.8) is 0 Å². The van der Waals surface area contributed by atoms with Gasteiger partial charge in [0.1, 0.15) is 24.0 Å². The zero-order chi connectivity index (χ0) is 26.0. The fourth-order valence-corrected chi connectivity index (χ4v) is 4.64. The molecular formula is C26H32N4O4S2. The third-order valence-corrected chi connectivity index (χ3v) is 6.81. The molecule has 0 unspecified atom stereocenters. The first-order valence-corrected chi connectivity index (χ1v) is 13.4. The predicted octanol–water partition coefficient (Wildman–Crippen LogP) is 5.24. The molecule has 1 heterocycles. The number of benzene rings is 2. The summed E-state index contributed by atoms with van der Waals surface area (Å²) in [5.74, 6) is 2.02. The van der Waals surface area contributed by atoms with E-state index >= 15 is 0 Å². The summed E-state index contributed by atoms with van der Waals surface area (Å²) in [5.41, 5.74) is 4.66. The van der Waals surface area contributed by atoms with E-state index < -0.39 is 0 Å². The molecule has 10 heteroatoms. The van der Waals surface area contributed by atoms with Gasteiger partial charge in [-0.3, -0.25) is 4.79 Å². The minimum atomic E-state index is -0.220. The lowest BCUT2D eigenvalue weighted by Crippen LogP contribution is -2.19. The molecule has 0 radical (unpaired) electrons. The van der Waals surface area contributed by atoms with Crippen LogP contribution in [-0.2, 0) is 10.2 Å². The first-order chi connectivity index (χ1) is 17.2. The van der Waals surface area contributed by atoms with Gasteiger partial charge in [-0.1, -0.05) is 56.0 Å². The van der Waals surface area contributed by atoms with Crippen molar-refractivity contribution in [2.24, 2.45) is 5.10 Å². The summed E-state index contributed by atoms with van der Waals surface area (Å²) in [6.45, 7) is 11.6. The van der Waals surface area contributed by atoms with Gasteiger partial charge in [0, 0.05) is 0 Å². The smallest absolute Gasteiger partial charge is 0.250 e. The topological polar surface area (TPSA) is 94.9 Å². The van der Waals surface area contributed by atoms with Gasteiger partial charge in [0.15, 0.2) is 15.8 Å². The van der Waals surface area contributed by atoms with E-state index in [0.717, 1.165) is 20.7 Å². The number of hydrogen-bond acceptors (Lipinski definition) is 9. The third-order valence-electron chi connectivity index (χ3n) is 4.83. The Morgan fingerprint density at radius 3 is 2.47 bits per heavy atom. The van der Waals surface area contributed by atoms with Crippen LogP contribution in [0.1, 0.15) is 43.8 Å². The number of aromatic nitrogens is 2. The molecule has 0 aliphatic heterocycles. The fourth-order valence-electron chi connectivity index (χ4n) is 3.03. The lowest BCUT2D eigenvalue weighted by molar-refractivity contribution is -0.118. The van der Waals surface area contributed by atoms with E-state index in [1.807, 2.05) is 44.2 Å². The third kappa shape index (κ3) is 8.83. The number of nitrogens with zero attached hydrogens (tertiary/aromatic N) is 3. The van der Waals surface area contributed by atoms with Gasteiger partial charge in [0.25, 0.3) is 5.91 Å². The summed E-state index contributed by atoms with van der Waals surface area (Å²) < 4.78 is 18.2. The monoisotopic (exact) mass is 528 g/mol. The Morgan fingerprint density at radius 1 is 1.06 bits per heavy atom. The van der Waals surface area contributed by atoms with Gasteiger partial charge in [-0.25, -0.2) is 5.43 Å². The Hall–Kier alpha value is -3.11. The molecule has 192 valence electrons. The Kier molecular flexibility index (Phi) is 10.1. The van der Waals surface area contributed by atoms with E-state index in [0.29, 0.717) is 31.3 Å². The summed E-state index contributed by atoms with van der Waals surface area (Å²) >= 11 is 2.78. The quantitative estimate of drug-likeness (QED) is 0.149. The number of carbonyl (C=O) groups is 1. The average Bonchev–Trinajstić information content (AvgIpc) is 3.26. The molecule has 1 N–H and O–H groups in total. The number of thioether (sulfide) groups is 1. The van der Waals surface area contributed by atoms with E-state index in [1.54, 1.807) is 6.21 Å². The van der Waals surface area contributed by atoms with Crippen LogP contribution >= 0.6 is 23.1 Å². The highest BCUT2D eigenvalue weighted by Gasteiger charge is 2.13. The molecule has 0 spiro atoms. The van der Waals surface area contributed by atoms with Crippen molar-refractivity contribution in [2.45, 2.75) is 44.4 Å². The Labute approximate surface area is 220 Å². The molecule has 3 rings (SSSR count). The maximum absolute atomic E-state index is 12.0. The summed E-state index contributed by atoms with van der Waals surface area (Å²) in [6.07, 6.45) is 1.56. The summed E-state index contributed by atoms with van der Waals surface area (Å²) in [5, 5.41) is 12.8. The highest BCUT2D eigenvalue weighted by atomic mass is 32.2. The molecule has 2 aromatic carbocycles. The second kappa shape index (κ2) is 13.3. The van der Waals surface area contributed by atoms with Crippen LogP contribution in [0, 0.1) is 6.92 Å². The van der Waals surface area contributed by atoms with Crippen molar-refractivity contribution < 1.29 is 19.0 Å². The van der Waals surface area contributed by atoms with Crippen LogP contribution in [-0.4, -0.2) is 47.9 Å². The van der Waals surface area contributed by atoms with Crippen molar-refractivity contribution in [1.29, 1.82) is 0 Å². The molecule has 0 atom stereocenters. The largest absolute Gasteiger partial charge is 0.490 e. The molecule has 0 saturated heterocycles. The minimum Gasteiger partial charge on any atom is -0.490 e. The van der Waals surface area contributed by atoms with E-state index in [-0.39, 0.29) is 17.1 Å². The number of hydrazone groups is 1. The maximum atomic E-state index is 12.0. The molecule has 8 nitrogen and oxygen atoms in total.